The number of rotatable bonds is 9. The number of hydrogen-bond donors (Lipinski definition) is 1. The summed E-state index contributed by atoms with van der Waals surface area (Å²) in [4.78, 5) is 13.9. The minimum atomic E-state index is -0.257. The van der Waals surface area contributed by atoms with Crippen LogP contribution in [0.3, 0.4) is 0 Å². The van der Waals surface area contributed by atoms with Gasteiger partial charge < -0.3 is 15.4 Å². The van der Waals surface area contributed by atoms with Gasteiger partial charge in [0, 0.05) is 13.1 Å². The van der Waals surface area contributed by atoms with E-state index in [0.29, 0.717) is 31.7 Å². The van der Waals surface area contributed by atoms with Gasteiger partial charge in [-0.15, -0.1) is 0 Å². The Kier molecular flexibility index (Phi) is 7.36. The molecule has 3 aromatic rings. The Bertz CT molecular complexity index is 914. The summed E-state index contributed by atoms with van der Waals surface area (Å²) in [5, 5.41) is 0. The van der Waals surface area contributed by atoms with E-state index >= 15 is 0 Å². The molecule has 0 aromatic heterocycles. The van der Waals surface area contributed by atoms with Crippen LogP contribution in [0.1, 0.15) is 16.7 Å². The molecule has 0 bridgehead atoms. The highest BCUT2D eigenvalue weighted by Crippen LogP contribution is 2.16. The van der Waals surface area contributed by atoms with Crippen LogP contribution in [0.2, 0.25) is 0 Å². The summed E-state index contributed by atoms with van der Waals surface area (Å²) in [5.41, 5.74) is 8.22. The van der Waals surface area contributed by atoms with E-state index in [-0.39, 0.29) is 18.3 Å². The van der Waals surface area contributed by atoms with Gasteiger partial charge in [-0.2, -0.15) is 0 Å². The summed E-state index contributed by atoms with van der Waals surface area (Å²) in [5.74, 6) is 0.346. The van der Waals surface area contributed by atoms with E-state index in [1.54, 1.807) is 23.1 Å². The van der Waals surface area contributed by atoms with Crippen LogP contribution >= 0.6 is 0 Å². The van der Waals surface area contributed by atoms with E-state index in [4.69, 9.17) is 10.5 Å². The molecule has 4 nitrogen and oxygen atoms in total. The molecule has 0 saturated carbocycles. The fraction of sp³-hybridized carbons (Fsp3) is 0.208. The zero-order valence-electron chi connectivity index (χ0n) is 16.3. The molecule has 0 aliphatic heterocycles. The van der Waals surface area contributed by atoms with Crippen molar-refractivity contribution in [2.24, 2.45) is 5.73 Å². The number of carbonyl (C=O) groups excluding carboxylic acids is 1. The Morgan fingerprint density at radius 1 is 0.897 bits per heavy atom. The van der Waals surface area contributed by atoms with Crippen LogP contribution < -0.4 is 10.5 Å². The van der Waals surface area contributed by atoms with Crippen LogP contribution in [0.5, 0.6) is 5.75 Å². The monoisotopic (exact) mass is 392 g/mol. The molecule has 150 valence electrons. The molecule has 0 atom stereocenters. The molecule has 0 radical (unpaired) electrons. The fourth-order valence-corrected chi connectivity index (χ4v) is 3.03. The van der Waals surface area contributed by atoms with Crippen LogP contribution in [0.15, 0.2) is 78.9 Å². The lowest BCUT2D eigenvalue weighted by molar-refractivity contribution is -0.130. The Balaban J connectivity index is 1.58. The lowest BCUT2D eigenvalue weighted by atomic mass is 10.1. The first-order chi connectivity index (χ1) is 14.2. The van der Waals surface area contributed by atoms with Crippen LogP contribution in [-0.4, -0.2) is 23.9 Å². The van der Waals surface area contributed by atoms with Gasteiger partial charge in [-0.3, -0.25) is 4.79 Å². The van der Waals surface area contributed by atoms with Gasteiger partial charge in [-0.1, -0.05) is 60.7 Å². The van der Waals surface area contributed by atoms with Crippen LogP contribution in [0.4, 0.5) is 4.39 Å². The lowest BCUT2D eigenvalue weighted by Crippen LogP contribution is -2.37. The molecule has 0 fully saturated rings. The molecule has 3 aromatic carbocycles. The summed E-state index contributed by atoms with van der Waals surface area (Å²) < 4.78 is 19.6. The normalized spacial score (nSPS) is 10.6. The van der Waals surface area contributed by atoms with Gasteiger partial charge in [-0.25, -0.2) is 4.39 Å². The van der Waals surface area contributed by atoms with Gasteiger partial charge in [0.2, 0.25) is 5.91 Å². The maximum Gasteiger partial charge on any atom is 0.236 e. The van der Waals surface area contributed by atoms with Crippen molar-refractivity contribution in [1.29, 1.82) is 0 Å². The van der Waals surface area contributed by atoms with Gasteiger partial charge in [0.15, 0.2) is 0 Å². The van der Waals surface area contributed by atoms with Crippen molar-refractivity contribution in [2.75, 3.05) is 13.1 Å². The number of amides is 1. The number of carbonyl (C=O) groups is 1. The lowest BCUT2D eigenvalue weighted by Gasteiger charge is -2.22. The number of ether oxygens (including phenoxy) is 1. The second-order valence-electron chi connectivity index (χ2n) is 6.78. The molecule has 0 aliphatic rings. The third-order valence-corrected chi connectivity index (χ3v) is 4.68. The Morgan fingerprint density at radius 3 is 2.28 bits per heavy atom. The smallest absolute Gasteiger partial charge is 0.236 e. The molecule has 3 rings (SSSR count). The van der Waals surface area contributed by atoms with Crippen molar-refractivity contribution < 1.29 is 13.9 Å². The first-order valence-electron chi connectivity index (χ1n) is 9.62. The van der Waals surface area contributed by atoms with Crippen molar-refractivity contribution in [3.63, 3.8) is 0 Å². The molecular weight excluding hydrogens is 367 g/mol. The minimum Gasteiger partial charge on any atom is -0.489 e. The Morgan fingerprint density at radius 2 is 1.59 bits per heavy atom. The maximum absolute atomic E-state index is 13.8. The SMILES string of the molecule is NCC(=O)N(CCc1ccccc1F)Cc1ccc(OCc2ccccc2)cc1. The quantitative estimate of drug-likeness (QED) is 0.600. The molecule has 1 amide bonds. The summed E-state index contributed by atoms with van der Waals surface area (Å²) in [6.07, 6.45) is 0.441. The Hall–Kier alpha value is -3.18. The van der Waals surface area contributed by atoms with Gasteiger partial charge in [0.1, 0.15) is 18.2 Å². The van der Waals surface area contributed by atoms with E-state index in [1.807, 2.05) is 54.6 Å². The predicted octanol–water partition coefficient (Wildman–Crippen LogP) is 3.93. The molecule has 29 heavy (non-hydrogen) atoms. The van der Waals surface area contributed by atoms with Crippen molar-refractivity contribution in [3.8, 4) is 5.75 Å². The zero-order valence-corrected chi connectivity index (χ0v) is 16.3. The molecule has 0 heterocycles. The zero-order chi connectivity index (χ0) is 20.5. The van der Waals surface area contributed by atoms with E-state index in [9.17, 15) is 9.18 Å². The highest BCUT2D eigenvalue weighted by molar-refractivity contribution is 5.78. The molecule has 0 aliphatic carbocycles. The van der Waals surface area contributed by atoms with Crippen molar-refractivity contribution in [3.05, 3.63) is 101 Å². The van der Waals surface area contributed by atoms with Gasteiger partial charge in [0.05, 0.1) is 6.54 Å². The van der Waals surface area contributed by atoms with Gasteiger partial charge in [0.25, 0.3) is 0 Å². The second-order valence-corrected chi connectivity index (χ2v) is 6.78. The third kappa shape index (κ3) is 6.16. The highest BCUT2D eigenvalue weighted by atomic mass is 19.1. The average Bonchev–Trinajstić information content (AvgIpc) is 2.77. The predicted molar refractivity (Wildman–Crippen MR) is 112 cm³/mol. The van der Waals surface area contributed by atoms with Crippen LogP contribution in [-0.2, 0) is 24.4 Å². The summed E-state index contributed by atoms with van der Waals surface area (Å²) >= 11 is 0. The standard InChI is InChI=1S/C24H25FN2O2/c25-23-9-5-4-8-21(23)14-15-27(24(28)16-26)17-19-10-12-22(13-11-19)29-18-20-6-2-1-3-7-20/h1-13H,14-18,26H2. The van der Waals surface area contributed by atoms with Crippen molar-refractivity contribution in [1.82, 2.24) is 4.90 Å². The van der Waals surface area contributed by atoms with E-state index in [0.717, 1.165) is 16.9 Å². The Labute approximate surface area is 170 Å². The molecule has 0 saturated heterocycles. The number of nitrogens with two attached hydrogens (primary N) is 1. The summed E-state index contributed by atoms with van der Waals surface area (Å²) in [6, 6.07) is 24.2. The maximum atomic E-state index is 13.8. The van der Waals surface area contributed by atoms with Crippen molar-refractivity contribution >= 4 is 5.91 Å². The van der Waals surface area contributed by atoms with Crippen LogP contribution in [0, 0.1) is 5.82 Å². The van der Waals surface area contributed by atoms with Crippen molar-refractivity contribution in [2.45, 2.75) is 19.6 Å². The van der Waals surface area contributed by atoms with E-state index in [1.165, 1.54) is 6.07 Å². The molecule has 0 spiro atoms. The number of hydrogen-bond acceptors (Lipinski definition) is 3. The summed E-state index contributed by atoms with van der Waals surface area (Å²) in [6.45, 7) is 1.25. The third-order valence-electron chi connectivity index (χ3n) is 4.68. The molecule has 2 N–H and O–H groups in total. The minimum absolute atomic E-state index is 0.0739. The number of benzene rings is 3. The van der Waals surface area contributed by atoms with Gasteiger partial charge >= 0.3 is 0 Å². The first kappa shape index (κ1) is 20.6. The molecular formula is C24H25FN2O2. The van der Waals surface area contributed by atoms with Gasteiger partial charge in [-0.05, 0) is 41.3 Å². The average molecular weight is 392 g/mol. The van der Waals surface area contributed by atoms with E-state index < -0.39 is 0 Å². The largest absolute Gasteiger partial charge is 0.489 e. The number of halogens is 1. The highest BCUT2D eigenvalue weighted by Gasteiger charge is 2.13. The summed E-state index contributed by atoms with van der Waals surface area (Å²) in [7, 11) is 0. The molecule has 5 heteroatoms. The molecule has 0 unspecified atom stereocenters. The second kappa shape index (κ2) is 10.4. The number of nitrogens with zero attached hydrogens (tertiary/aromatic N) is 1. The fourth-order valence-electron chi connectivity index (χ4n) is 3.03. The first-order valence-corrected chi connectivity index (χ1v) is 9.62. The topological polar surface area (TPSA) is 55.6 Å². The van der Waals surface area contributed by atoms with E-state index in [2.05, 4.69) is 0 Å². The van der Waals surface area contributed by atoms with Crippen LogP contribution in [0.25, 0.3) is 0 Å².